The van der Waals surface area contributed by atoms with Crippen LogP contribution >= 0.6 is 0 Å². The lowest BCUT2D eigenvalue weighted by atomic mass is 9.76. The van der Waals surface area contributed by atoms with E-state index in [2.05, 4.69) is 0 Å². The van der Waals surface area contributed by atoms with Crippen molar-refractivity contribution in [1.29, 1.82) is 0 Å². The summed E-state index contributed by atoms with van der Waals surface area (Å²) in [7, 11) is 1.50. The van der Waals surface area contributed by atoms with E-state index in [-0.39, 0.29) is 52.4 Å². The third kappa shape index (κ3) is 3.61. The van der Waals surface area contributed by atoms with Crippen LogP contribution < -0.4 is 0 Å². The smallest absolute Gasteiger partial charge is 0.197 e. The molecule has 0 bridgehead atoms. The fraction of sp³-hybridized carbons (Fsp3) is 0.318. The number of phenols is 2. The third-order valence-corrected chi connectivity index (χ3v) is 5.42. The number of hydrogen-bond donors (Lipinski definition) is 3. The molecule has 3 rings (SSSR count). The number of fused-ring (bicyclic) bond motifs is 2. The molecule has 152 valence electrons. The molecule has 0 fully saturated rings. The maximum Gasteiger partial charge on any atom is 0.197 e. The van der Waals surface area contributed by atoms with Gasteiger partial charge < -0.3 is 20.1 Å². The molecule has 0 heterocycles. The molecule has 1 aromatic carbocycles. The maximum absolute atomic E-state index is 12.9. The molecule has 7 nitrogen and oxygen atoms in total. The zero-order valence-electron chi connectivity index (χ0n) is 16.2. The van der Waals surface area contributed by atoms with Gasteiger partial charge >= 0.3 is 0 Å². The molecule has 0 saturated heterocycles. The van der Waals surface area contributed by atoms with E-state index in [0.29, 0.717) is 17.7 Å². The standard InChI is InChI=1S/C22H22O7/c1-11(29-2)4-3-5-13-9-16(24)18-19(20(13)26)22(28)15-8-12(17(25)10-23)6-7-14(15)21(18)27/h3-5,9,12,23,27-28H,6-8,10H2,1-2H3/b5-3-,11-4+/t12-/m0/s1. The number of ether oxygens (including phenoxy) is 1. The molecule has 0 radical (unpaired) electrons. The van der Waals surface area contributed by atoms with Crippen molar-refractivity contribution in [2.75, 3.05) is 13.7 Å². The molecule has 3 N–H and O–H groups in total. The van der Waals surface area contributed by atoms with Gasteiger partial charge in [0.05, 0.1) is 24.0 Å². The van der Waals surface area contributed by atoms with Crippen LogP contribution in [0.1, 0.15) is 45.2 Å². The number of rotatable bonds is 5. The second-order valence-electron chi connectivity index (χ2n) is 7.10. The van der Waals surface area contributed by atoms with Crippen LogP contribution in [0.25, 0.3) is 0 Å². The van der Waals surface area contributed by atoms with Gasteiger partial charge in [-0.25, -0.2) is 0 Å². The number of methoxy groups -OCH3 is 1. The Bertz CT molecular complexity index is 995. The Hall–Kier alpha value is -3.19. The highest BCUT2D eigenvalue weighted by atomic mass is 16.5. The van der Waals surface area contributed by atoms with Gasteiger partial charge in [-0.3, -0.25) is 14.4 Å². The van der Waals surface area contributed by atoms with E-state index in [1.165, 1.54) is 13.2 Å². The van der Waals surface area contributed by atoms with Crippen molar-refractivity contribution >= 4 is 17.3 Å². The fourth-order valence-electron chi connectivity index (χ4n) is 3.75. The second-order valence-corrected chi connectivity index (χ2v) is 7.10. The van der Waals surface area contributed by atoms with E-state index in [1.54, 1.807) is 19.1 Å². The van der Waals surface area contributed by atoms with Gasteiger partial charge in [-0.2, -0.15) is 0 Å². The number of ketones is 3. The molecule has 0 aliphatic heterocycles. The summed E-state index contributed by atoms with van der Waals surface area (Å²) in [6.07, 6.45) is 6.46. The van der Waals surface area contributed by atoms with E-state index >= 15 is 0 Å². The van der Waals surface area contributed by atoms with Gasteiger partial charge in [0.15, 0.2) is 17.3 Å². The molecule has 0 aromatic heterocycles. The van der Waals surface area contributed by atoms with E-state index in [1.807, 2.05) is 0 Å². The average Bonchev–Trinajstić information content (AvgIpc) is 2.72. The molecule has 0 amide bonds. The van der Waals surface area contributed by atoms with Gasteiger partial charge in [-0.15, -0.1) is 0 Å². The first-order valence-electron chi connectivity index (χ1n) is 9.23. The van der Waals surface area contributed by atoms with Gasteiger partial charge in [-0.1, -0.05) is 12.2 Å². The molecule has 29 heavy (non-hydrogen) atoms. The number of carbonyl (C=O) groups excluding carboxylic acids is 3. The first-order valence-corrected chi connectivity index (χ1v) is 9.23. The van der Waals surface area contributed by atoms with Crippen molar-refractivity contribution in [2.45, 2.75) is 26.2 Å². The normalized spacial score (nSPS) is 19.1. The summed E-state index contributed by atoms with van der Waals surface area (Å²) in [5.41, 5.74) is 0.254. The van der Waals surface area contributed by atoms with Crippen molar-refractivity contribution in [3.05, 3.63) is 57.9 Å². The van der Waals surface area contributed by atoms with Crippen LogP contribution in [0.3, 0.4) is 0 Å². The minimum atomic E-state index is -0.610. The molecule has 0 spiro atoms. The zero-order chi connectivity index (χ0) is 21.3. The topological polar surface area (TPSA) is 121 Å². The molecule has 0 saturated carbocycles. The lowest BCUT2D eigenvalue weighted by Gasteiger charge is -2.28. The van der Waals surface area contributed by atoms with Crippen LogP contribution in [0.15, 0.2) is 35.6 Å². The molecular weight excluding hydrogens is 376 g/mol. The van der Waals surface area contributed by atoms with Crippen LogP contribution in [0, 0.1) is 5.92 Å². The molecule has 0 unspecified atom stereocenters. The Balaban J connectivity index is 2.07. The summed E-state index contributed by atoms with van der Waals surface area (Å²) in [6.45, 7) is 1.11. The Morgan fingerprint density at radius 3 is 2.55 bits per heavy atom. The van der Waals surface area contributed by atoms with Crippen LogP contribution in [0.2, 0.25) is 0 Å². The number of aliphatic hydroxyl groups excluding tert-OH is 1. The molecule has 1 aromatic rings. The number of aromatic hydroxyl groups is 2. The second kappa shape index (κ2) is 8.05. The first-order chi connectivity index (χ1) is 13.8. The van der Waals surface area contributed by atoms with Gasteiger partial charge in [0.25, 0.3) is 0 Å². The molecule has 1 atom stereocenters. The Morgan fingerprint density at radius 1 is 1.21 bits per heavy atom. The van der Waals surface area contributed by atoms with Crippen molar-refractivity contribution in [3.63, 3.8) is 0 Å². The number of allylic oxidation sites excluding steroid dienone is 6. The predicted octanol–water partition coefficient (Wildman–Crippen LogP) is 2.18. The highest BCUT2D eigenvalue weighted by Crippen LogP contribution is 2.45. The summed E-state index contributed by atoms with van der Waals surface area (Å²) in [5.74, 6) is -2.15. The summed E-state index contributed by atoms with van der Waals surface area (Å²) in [6, 6.07) is 0. The van der Waals surface area contributed by atoms with Crippen molar-refractivity contribution < 1.29 is 34.4 Å². The largest absolute Gasteiger partial charge is 0.507 e. The summed E-state index contributed by atoms with van der Waals surface area (Å²) < 4.78 is 5.00. The van der Waals surface area contributed by atoms with Crippen molar-refractivity contribution in [2.24, 2.45) is 5.92 Å². The third-order valence-electron chi connectivity index (χ3n) is 5.42. The number of aliphatic hydroxyl groups is 1. The fourth-order valence-corrected chi connectivity index (χ4v) is 3.75. The molecule has 2 aliphatic rings. The quantitative estimate of drug-likeness (QED) is 0.395. The highest BCUT2D eigenvalue weighted by molar-refractivity contribution is 6.28. The van der Waals surface area contributed by atoms with Gasteiger partial charge in [-0.05, 0) is 38.3 Å². The van der Waals surface area contributed by atoms with Crippen LogP contribution in [0.4, 0.5) is 0 Å². The number of benzene rings is 1. The van der Waals surface area contributed by atoms with Crippen molar-refractivity contribution in [3.8, 4) is 11.5 Å². The van der Waals surface area contributed by atoms with Gasteiger partial charge in [0.2, 0.25) is 0 Å². The van der Waals surface area contributed by atoms with Gasteiger partial charge in [0.1, 0.15) is 18.1 Å². The Morgan fingerprint density at radius 2 is 1.90 bits per heavy atom. The van der Waals surface area contributed by atoms with Crippen LogP contribution in [-0.2, 0) is 22.4 Å². The molecule has 2 aliphatic carbocycles. The Kier molecular flexibility index (Phi) is 5.70. The lowest BCUT2D eigenvalue weighted by molar-refractivity contribution is -0.125. The summed E-state index contributed by atoms with van der Waals surface area (Å²) >= 11 is 0. The SMILES string of the molecule is CO/C(C)=C/C=C\C1=CC(=O)c2c(O)c3c(c(O)c2C1=O)C[C@@H](C(=O)CO)CC3. The van der Waals surface area contributed by atoms with E-state index in [4.69, 9.17) is 9.84 Å². The minimum absolute atomic E-state index is 0.0658. The number of carbonyl (C=O) groups is 3. The van der Waals surface area contributed by atoms with E-state index in [9.17, 15) is 24.6 Å². The van der Waals surface area contributed by atoms with Gasteiger partial charge in [0, 0.05) is 22.6 Å². The minimum Gasteiger partial charge on any atom is -0.507 e. The maximum atomic E-state index is 12.9. The summed E-state index contributed by atoms with van der Waals surface area (Å²) in [4.78, 5) is 37.4. The molecular formula is C22H22O7. The van der Waals surface area contributed by atoms with E-state index in [0.717, 1.165) is 6.08 Å². The van der Waals surface area contributed by atoms with Crippen LogP contribution in [0.5, 0.6) is 11.5 Å². The predicted molar refractivity (Wildman–Crippen MR) is 104 cm³/mol. The zero-order valence-corrected chi connectivity index (χ0v) is 16.2. The molecule has 7 heteroatoms. The highest BCUT2D eigenvalue weighted by Gasteiger charge is 2.37. The summed E-state index contributed by atoms with van der Waals surface area (Å²) in [5, 5.41) is 30.6. The van der Waals surface area contributed by atoms with E-state index < -0.39 is 24.1 Å². The monoisotopic (exact) mass is 398 g/mol. The van der Waals surface area contributed by atoms with Crippen LogP contribution in [-0.4, -0.2) is 46.4 Å². The average molecular weight is 398 g/mol. The number of hydrogen-bond acceptors (Lipinski definition) is 7. The number of Topliss-reactive ketones (excluding diaryl/α,β-unsaturated/α-hetero) is 2. The van der Waals surface area contributed by atoms with Crippen molar-refractivity contribution in [1.82, 2.24) is 0 Å². The lowest BCUT2D eigenvalue weighted by Crippen LogP contribution is -2.27. The number of phenolic OH excluding ortho intramolecular Hbond substituents is 2. The first kappa shape index (κ1) is 20.5. The Labute approximate surface area is 167 Å².